The Hall–Kier alpha value is -3.19. The van der Waals surface area contributed by atoms with Crippen molar-refractivity contribution in [2.45, 2.75) is 31.3 Å². The second-order valence-corrected chi connectivity index (χ2v) is 8.03. The van der Waals surface area contributed by atoms with E-state index in [0.29, 0.717) is 30.0 Å². The fraction of sp³-hybridized carbons (Fsp3) is 0.208. The van der Waals surface area contributed by atoms with E-state index in [2.05, 4.69) is 9.55 Å². The fourth-order valence-corrected chi connectivity index (χ4v) is 4.38. The molecule has 0 radical (unpaired) electrons. The van der Waals surface area contributed by atoms with Crippen molar-refractivity contribution in [2.75, 3.05) is 6.61 Å². The first kappa shape index (κ1) is 21.1. The molecule has 0 aliphatic heterocycles. The molecule has 0 atom stereocenters. The van der Waals surface area contributed by atoms with E-state index in [9.17, 15) is 9.18 Å². The lowest BCUT2D eigenvalue weighted by Crippen LogP contribution is -2.05. The summed E-state index contributed by atoms with van der Waals surface area (Å²) in [5.41, 5.74) is 4.94. The lowest BCUT2D eigenvalue weighted by atomic mass is 10.1. The van der Waals surface area contributed by atoms with Crippen molar-refractivity contribution < 1.29 is 13.9 Å². The van der Waals surface area contributed by atoms with Crippen molar-refractivity contribution in [1.82, 2.24) is 14.5 Å². The van der Waals surface area contributed by atoms with E-state index in [4.69, 9.17) is 9.72 Å². The monoisotopic (exact) mass is 435 g/mol. The van der Waals surface area contributed by atoms with Crippen LogP contribution in [0.5, 0.6) is 0 Å². The smallest absolute Gasteiger partial charge is 0.338 e. The topological polar surface area (TPSA) is 57.0 Å². The molecule has 0 fully saturated rings. The molecule has 2 aromatic heterocycles. The highest BCUT2D eigenvalue weighted by Crippen LogP contribution is 2.29. The Morgan fingerprint density at radius 1 is 1.16 bits per heavy atom. The first-order valence-corrected chi connectivity index (χ1v) is 11.0. The molecular formula is C24H22FN3O2S. The SMILES string of the molecule is CCOC(=O)c1ccc2c(c1)nc(SCc1cc(F)ccc1C)n2Cc1ccccn1. The maximum atomic E-state index is 13.7. The van der Waals surface area contributed by atoms with Crippen LogP contribution in [-0.2, 0) is 17.0 Å². The van der Waals surface area contributed by atoms with Gasteiger partial charge < -0.3 is 9.30 Å². The molecule has 0 spiro atoms. The van der Waals surface area contributed by atoms with E-state index in [0.717, 1.165) is 27.5 Å². The third kappa shape index (κ3) is 4.77. The van der Waals surface area contributed by atoms with Crippen LogP contribution in [0.15, 0.2) is 66.0 Å². The number of benzene rings is 2. The molecule has 5 nitrogen and oxygen atoms in total. The summed E-state index contributed by atoms with van der Waals surface area (Å²) in [6.45, 7) is 4.61. The Bertz CT molecular complexity index is 1220. The van der Waals surface area contributed by atoms with Gasteiger partial charge in [0.1, 0.15) is 5.82 Å². The van der Waals surface area contributed by atoms with Crippen LogP contribution < -0.4 is 0 Å². The number of fused-ring (bicyclic) bond motifs is 1. The standard InChI is InChI=1S/C24H22FN3O2S/c1-3-30-23(29)17-8-10-22-21(13-17)27-24(28(22)14-20-6-4-5-11-26-20)31-15-18-12-19(25)9-7-16(18)2/h4-13H,3,14-15H2,1-2H3. The van der Waals surface area contributed by atoms with Crippen LogP contribution in [0.25, 0.3) is 11.0 Å². The zero-order valence-corrected chi connectivity index (χ0v) is 18.2. The third-order valence-electron chi connectivity index (χ3n) is 4.94. The average Bonchev–Trinajstić information content (AvgIpc) is 3.11. The van der Waals surface area contributed by atoms with Crippen molar-refractivity contribution in [1.29, 1.82) is 0 Å². The van der Waals surface area contributed by atoms with E-state index < -0.39 is 0 Å². The second-order valence-electron chi connectivity index (χ2n) is 7.09. The average molecular weight is 436 g/mol. The van der Waals surface area contributed by atoms with Crippen LogP contribution in [0.3, 0.4) is 0 Å². The maximum absolute atomic E-state index is 13.7. The number of pyridine rings is 1. The van der Waals surface area contributed by atoms with E-state index >= 15 is 0 Å². The predicted octanol–water partition coefficient (Wildman–Crippen LogP) is 5.40. The summed E-state index contributed by atoms with van der Waals surface area (Å²) in [4.78, 5) is 21.4. The van der Waals surface area contributed by atoms with Gasteiger partial charge in [-0.05, 0) is 67.4 Å². The number of halogens is 1. The molecule has 0 N–H and O–H groups in total. The van der Waals surface area contributed by atoms with Crippen molar-refractivity contribution >= 4 is 28.8 Å². The second kappa shape index (κ2) is 9.31. The molecule has 2 heterocycles. The molecule has 0 saturated carbocycles. The largest absolute Gasteiger partial charge is 0.462 e. The lowest BCUT2D eigenvalue weighted by molar-refractivity contribution is 0.0526. The van der Waals surface area contributed by atoms with E-state index in [-0.39, 0.29) is 11.8 Å². The summed E-state index contributed by atoms with van der Waals surface area (Å²) in [6.07, 6.45) is 1.76. The minimum Gasteiger partial charge on any atom is -0.462 e. The van der Waals surface area contributed by atoms with Crippen molar-refractivity contribution in [3.8, 4) is 0 Å². The third-order valence-corrected chi connectivity index (χ3v) is 5.96. The van der Waals surface area contributed by atoms with Gasteiger partial charge in [0.15, 0.2) is 5.16 Å². The van der Waals surface area contributed by atoms with Crippen LogP contribution in [0.2, 0.25) is 0 Å². The van der Waals surface area contributed by atoms with Gasteiger partial charge in [0.25, 0.3) is 0 Å². The first-order chi connectivity index (χ1) is 15.0. The van der Waals surface area contributed by atoms with Crippen molar-refractivity contribution in [3.63, 3.8) is 0 Å². The van der Waals surface area contributed by atoms with Crippen molar-refractivity contribution in [3.05, 3.63) is 89.0 Å². The van der Waals surface area contributed by atoms with Gasteiger partial charge in [0.05, 0.1) is 35.4 Å². The molecule has 2 aromatic carbocycles. The number of carbonyl (C=O) groups is 1. The van der Waals surface area contributed by atoms with Gasteiger partial charge in [-0.1, -0.05) is 23.9 Å². The minimum absolute atomic E-state index is 0.248. The summed E-state index contributed by atoms with van der Waals surface area (Å²) in [6, 6.07) is 16.0. The summed E-state index contributed by atoms with van der Waals surface area (Å²) in [5.74, 6) is -0.0320. The van der Waals surface area contributed by atoms with Crippen LogP contribution >= 0.6 is 11.8 Å². The molecule has 0 aliphatic rings. The Labute approximate surface area is 184 Å². The van der Waals surface area contributed by atoms with Gasteiger partial charge in [-0.15, -0.1) is 0 Å². The molecule has 0 bridgehead atoms. The van der Waals surface area contributed by atoms with Gasteiger partial charge >= 0.3 is 5.97 Å². The number of nitrogens with zero attached hydrogens (tertiary/aromatic N) is 3. The number of hydrogen-bond acceptors (Lipinski definition) is 5. The number of rotatable bonds is 7. The molecule has 7 heteroatoms. The summed E-state index contributed by atoms with van der Waals surface area (Å²) >= 11 is 1.53. The Morgan fingerprint density at radius 3 is 2.81 bits per heavy atom. The summed E-state index contributed by atoms with van der Waals surface area (Å²) < 4.78 is 20.9. The number of thioether (sulfide) groups is 1. The molecule has 0 amide bonds. The van der Waals surface area contributed by atoms with E-state index in [1.807, 2.05) is 31.2 Å². The van der Waals surface area contributed by atoms with Crippen LogP contribution in [0.4, 0.5) is 4.39 Å². The van der Waals surface area contributed by atoms with Gasteiger partial charge in [0, 0.05) is 11.9 Å². The number of carbonyl (C=O) groups excluding carboxylic acids is 1. The summed E-state index contributed by atoms with van der Waals surface area (Å²) in [5, 5.41) is 0.783. The molecule has 158 valence electrons. The Balaban J connectivity index is 1.71. The Morgan fingerprint density at radius 2 is 2.03 bits per heavy atom. The van der Waals surface area contributed by atoms with Gasteiger partial charge in [-0.25, -0.2) is 14.2 Å². The zero-order valence-electron chi connectivity index (χ0n) is 17.3. The molecule has 0 saturated heterocycles. The zero-order chi connectivity index (χ0) is 21.8. The molecular weight excluding hydrogens is 413 g/mol. The highest BCUT2D eigenvalue weighted by molar-refractivity contribution is 7.98. The van der Waals surface area contributed by atoms with Gasteiger partial charge in [0.2, 0.25) is 0 Å². The number of esters is 1. The fourth-order valence-electron chi connectivity index (χ4n) is 3.30. The highest BCUT2D eigenvalue weighted by atomic mass is 32.2. The predicted molar refractivity (Wildman–Crippen MR) is 120 cm³/mol. The summed E-state index contributed by atoms with van der Waals surface area (Å²) in [7, 11) is 0. The molecule has 4 aromatic rings. The van der Waals surface area contributed by atoms with Gasteiger partial charge in [-0.2, -0.15) is 0 Å². The number of aryl methyl sites for hydroxylation is 1. The normalized spacial score (nSPS) is 11.1. The van der Waals surface area contributed by atoms with Gasteiger partial charge in [-0.3, -0.25) is 4.98 Å². The van der Waals surface area contributed by atoms with E-state index in [1.165, 1.54) is 17.8 Å². The first-order valence-electron chi connectivity index (χ1n) is 10.0. The van der Waals surface area contributed by atoms with Crippen LogP contribution in [0.1, 0.15) is 34.1 Å². The lowest BCUT2D eigenvalue weighted by Gasteiger charge is -2.10. The molecule has 0 aliphatic carbocycles. The number of ether oxygens (including phenoxy) is 1. The molecule has 4 rings (SSSR count). The highest BCUT2D eigenvalue weighted by Gasteiger charge is 2.16. The number of imidazole rings is 1. The maximum Gasteiger partial charge on any atom is 0.338 e. The van der Waals surface area contributed by atoms with E-state index in [1.54, 1.807) is 37.4 Å². The minimum atomic E-state index is -0.367. The van der Waals surface area contributed by atoms with Crippen LogP contribution in [-0.4, -0.2) is 27.1 Å². The van der Waals surface area contributed by atoms with Crippen LogP contribution in [0, 0.1) is 12.7 Å². The number of hydrogen-bond donors (Lipinski definition) is 0. The number of aromatic nitrogens is 3. The van der Waals surface area contributed by atoms with Crippen molar-refractivity contribution in [2.24, 2.45) is 0 Å². The quantitative estimate of drug-likeness (QED) is 0.288. The Kier molecular flexibility index (Phi) is 6.32. The molecule has 0 unspecified atom stereocenters. The molecule has 31 heavy (non-hydrogen) atoms.